The van der Waals surface area contributed by atoms with Crippen molar-refractivity contribution < 1.29 is 27.4 Å². The lowest BCUT2D eigenvalue weighted by Gasteiger charge is -2.17. The Balaban J connectivity index is 2.31. The molecule has 1 unspecified atom stereocenters. The topological polar surface area (TPSA) is 83.1 Å². The van der Waals surface area contributed by atoms with Crippen molar-refractivity contribution in [2.45, 2.75) is 23.8 Å². The maximum absolute atomic E-state index is 12.6. The van der Waals surface area contributed by atoms with E-state index < -0.39 is 10.0 Å². The fourth-order valence-corrected chi connectivity index (χ4v) is 3.68. The molecule has 8 heteroatoms. The summed E-state index contributed by atoms with van der Waals surface area (Å²) >= 11 is 0. The third-order valence-electron chi connectivity index (χ3n) is 3.46. The maximum Gasteiger partial charge on any atom is 0.248 e. The largest absolute Gasteiger partial charge is 0.496 e. The molecule has 0 spiro atoms. The third kappa shape index (κ3) is 3.63. The standard InChI is InChI=1S/C14H21NO6S/c1-18-11-7-12(19-2)14(13(8-11)20-3)22(16,17)15-9-10-5-4-6-21-10/h7-8,10,15H,4-6,9H2,1-3H3. The fourth-order valence-electron chi connectivity index (χ4n) is 2.32. The van der Waals surface area contributed by atoms with E-state index in [-0.39, 0.29) is 29.0 Å². The monoisotopic (exact) mass is 331 g/mol. The lowest BCUT2D eigenvalue weighted by molar-refractivity contribution is 0.114. The lowest BCUT2D eigenvalue weighted by atomic mass is 10.2. The van der Waals surface area contributed by atoms with Crippen molar-refractivity contribution in [1.82, 2.24) is 4.72 Å². The number of rotatable bonds is 7. The van der Waals surface area contributed by atoms with E-state index in [0.717, 1.165) is 12.8 Å². The van der Waals surface area contributed by atoms with Gasteiger partial charge in [0.2, 0.25) is 10.0 Å². The van der Waals surface area contributed by atoms with Crippen molar-refractivity contribution in [3.63, 3.8) is 0 Å². The molecule has 1 aliphatic rings. The van der Waals surface area contributed by atoms with Gasteiger partial charge in [-0.15, -0.1) is 0 Å². The van der Waals surface area contributed by atoms with Crippen molar-refractivity contribution in [3.8, 4) is 17.2 Å². The molecule has 0 radical (unpaired) electrons. The summed E-state index contributed by atoms with van der Waals surface area (Å²) in [5, 5.41) is 0. The van der Waals surface area contributed by atoms with Gasteiger partial charge in [-0.1, -0.05) is 0 Å². The minimum absolute atomic E-state index is 0.0451. The normalized spacial score (nSPS) is 18.2. The van der Waals surface area contributed by atoms with Crippen LogP contribution in [-0.4, -0.2) is 49.0 Å². The summed E-state index contributed by atoms with van der Waals surface area (Å²) in [6.45, 7) is 0.891. The molecule has 1 saturated heterocycles. The number of benzene rings is 1. The zero-order valence-corrected chi connectivity index (χ0v) is 13.7. The molecule has 0 bridgehead atoms. The molecule has 0 saturated carbocycles. The quantitative estimate of drug-likeness (QED) is 0.807. The third-order valence-corrected chi connectivity index (χ3v) is 4.95. The van der Waals surface area contributed by atoms with Crippen LogP contribution >= 0.6 is 0 Å². The van der Waals surface area contributed by atoms with Crippen LogP contribution in [0.4, 0.5) is 0 Å². The summed E-state index contributed by atoms with van der Waals surface area (Å²) in [6, 6.07) is 3.01. The fraction of sp³-hybridized carbons (Fsp3) is 0.571. The SMILES string of the molecule is COc1cc(OC)c(S(=O)(=O)NCC2CCCO2)c(OC)c1. The van der Waals surface area contributed by atoms with E-state index in [0.29, 0.717) is 12.4 Å². The molecule has 2 rings (SSSR count). The first kappa shape index (κ1) is 16.9. The summed E-state index contributed by atoms with van der Waals surface area (Å²) < 4.78 is 48.6. The molecule has 0 amide bonds. The Bertz CT molecular complexity index is 585. The molecule has 124 valence electrons. The van der Waals surface area contributed by atoms with Crippen LogP contribution in [0, 0.1) is 0 Å². The molecule has 1 atom stereocenters. The van der Waals surface area contributed by atoms with E-state index in [1.807, 2.05) is 0 Å². The number of ether oxygens (including phenoxy) is 4. The molecule has 1 aliphatic heterocycles. The average Bonchev–Trinajstić information content (AvgIpc) is 3.05. The molecule has 1 aromatic rings. The van der Waals surface area contributed by atoms with Crippen LogP contribution in [0.2, 0.25) is 0 Å². The second-order valence-electron chi connectivity index (χ2n) is 4.85. The van der Waals surface area contributed by atoms with Gasteiger partial charge in [0.1, 0.15) is 17.2 Å². The van der Waals surface area contributed by atoms with Gasteiger partial charge < -0.3 is 18.9 Å². The zero-order chi connectivity index (χ0) is 16.2. The molecule has 7 nitrogen and oxygen atoms in total. The van der Waals surface area contributed by atoms with Crippen molar-refractivity contribution in [1.29, 1.82) is 0 Å². The first-order valence-corrected chi connectivity index (χ1v) is 8.41. The average molecular weight is 331 g/mol. The summed E-state index contributed by atoms with van der Waals surface area (Å²) in [6.07, 6.45) is 1.70. The number of sulfonamides is 1. The van der Waals surface area contributed by atoms with E-state index in [1.165, 1.54) is 33.5 Å². The number of hydrogen-bond donors (Lipinski definition) is 1. The first-order chi connectivity index (χ1) is 10.5. The minimum Gasteiger partial charge on any atom is -0.496 e. The van der Waals surface area contributed by atoms with Crippen molar-refractivity contribution >= 4 is 10.0 Å². The van der Waals surface area contributed by atoms with Crippen LogP contribution in [0.5, 0.6) is 17.2 Å². The van der Waals surface area contributed by atoms with E-state index in [2.05, 4.69) is 4.72 Å². The number of hydrogen-bond acceptors (Lipinski definition) is 6. The Kier molecular flexibility index (Phi) is 5.49. The van der Waals surface area contributed by atoms with E-state index in [4.69, 9.17) is 18.9 Å². The van der Waals surface area contributed by atoms with Crippen molar-refractivity contribution in [2.24, 2.45) is 0 Å². The predicted octanol–water partition coefficient (Wildman–Crippen LogP) is 1.17. The second-order valence-corrected chi connectivity index (χ2v) is 6.55. The molecule has 1 N–H and O–H groups in total. The zero-order valence-electron chi connectivity index (χ0n) is 12.9. The number of nitrogens with one attached hydrogen (secondary N) is 1. The summed E-state index contributed by atoms with van der Waals surface area (Å²) in [5.41, 5.74) is 0. The van der Waals surface area contributed by atoms with Gasteiger partial charge in [-0.3, -0.25) is 0 Å². The Labute approximate surface area is 130 Å². The Hall–Kier alpha value is -1.51. The first-order valence-electron chi connectivity index (χ1n) is 6.93. The highest BCUT2D eigenvalue weighted by atomic mass is 32.2. The van der Waals surface area contributed by atoms with Crippen LogP contribution in [-0.2, 0) is 14.8 Å². The van der Waals surface area contributed by atoms with Gasteiger partial charge in [0.15, 0.2) is 4.90 Å². The minimum atomic E-state index is -3.79. The van der Waals surface area contributed by atoms with Gasteiger partial charge in [-0.2, -0.15) is 0 Å². The van der Waals surface area contributed by atoms with Crippen LogP contribution < -0.4 is 18.9 Å². The van der Waals surface area contributed by atoms with E-state index in [9.17, 15) is 8.42 Å². The van der Waals surface area contributed by atoms with Gasteiger partial charge in [0, 0.05) is 25.3 Å². The predicted molar refractivity (Wildman–Crippen MR) is 80.3 cm³/mol. The molecule has 1 heterocycles. The van der Waals surface area contributed by atoms with Crippen LogP contribution in [0.25, 0.3) is 0 Å². The van der Waals surface area contributed by atoms with Crippen molar-refractivity contribution in [3.05, 3.63) is 12.1 Å². The number of methoxy groups -OCH3 is 3. The highest BCUT2D eigenvalue weighted by molar-refractivity contribution is 7.89. The van der Waals surface area contributed by atoms with Crippen molar-refractivity contribution in [2.75, 3.05) is 34.5 Å². The van der Waals surface area contributed by atoms with Crippen LogP contribution in [0.1, 0.15) is 12.8 Å². The van der Waals surface area contributed by atoms with Gasteiger partial charge >= 0.3 is 0 Å². The molecule has 0 aromatic heterocycles. The smallest absolute Gasteiger partial charge is 0.248 e. The van der Waals surface area contributed by atoms with Gasteiger partial charge in [0.05, 0.1) is 27.4 Å². The molecule has 0 aliphatic carbocycles. The molecular weight excluding hydrogens is 310 g/mol. The summed E-state index contributed by atoms with van der Waals surface area (Å²) in [7, 11) is 0.483. The molecular formula is C14H21NO6S. The highest BCUT2D eigenvalue weighted by Gasteiger charge is 2.27. The van der Waals surface area contributed by atoms with Crippen LogP contribution in [0.3, 0.4) is 0 Å². The summed E-state index contributed by atoms with van der Waals surface area (Å²) in [5.74, 6) is 0.777. The highest BCUT2D eigenvalue weighted by Crippen LogP contribution is 2.37. The van der Waals surface area contributed by atoms with Gasteiger partial charge in [-0.25, -0.2) is 13.1 Å². The second kappa shape index (κ2) is 7.17. The molecule has 1 aromatic carbocycles. The van der Waals surface area contributed by atoms with E-state index >= 15 is 0 Å². The lowest BCUT2D eigenvalue weighted by Crippen LogP contribution is -2.32. The molecule has 1 fully saturated rings. The van der Waals surface area contributed by atoms with E-state index in [1.54, 1.807) is 0 Å². The summed E-state index contributed by atoms with van der Waals surface area (Å²) in [4.78, 5) is -0.0451. The molecule has 22 heavy (non-hydrogen) atoms. The maximum atomic E-state index is 12.6. The van der Waals surface area contributed by atoms with Gasteiger partial charge in [0.25, 0.3) is 0 Å². The van der Waals surface area contributed by atoms with Crippen LogP contribution in [0.15, 0.2) is 17.0 Å². The Morgan fingerprint density at radius 3 is 2.27 bits per heavy atom. The Morgan fingerprint density at radius 1 is 1.18 bits per heavy atom. The Morgan fingerprint density at radius 2 is 1.82 bits per heavy atom. The van der Waals surface area contributed by atoms with Gasteiger partial charge in [-0.05, 0) is 12.8 Å².